The predicted octanol–water partition coefficient (Wildman–Crippen LogP) is 1.62. The Hall–Kier alpha value is -1.75. The zero-order valence-corrected chi connectivity index (χ0v) is 12.0. The third kappa shape index (κ3) is 3.42. The summed E-state index contributed by atoms with van der Waals surface area (Å²) >= 11 is 0. The van der Waals surface area contributed by atoms with E-state index in [1.807, 2.05) is 32.0 Å². The molecule has 1 aliphatic rings. The van der Waals surface area contributed by atoms with E-state index in [4.69, 9.17) is 15.2 Å². The molecule has 110 valence electrons. The number of rotatable bonds is 5. The molecule has 2 atom stereocenters. The normalized spacial score (nSPS) is 16.4. The zero-order valence-electron chi connectivity index (χ0n) is 12.0. The molecule has 3 N–H and O–H groups in total. The molecule has 1 aromatic rings. The van der Waals surface area contributed by atoms with Crippen LogP contribution in [0.3, 0.4) is 0 Å². The summed E-state index contributed by atoms with van der Waals surface area (Å²) in [5, 5.41) is 3.00. The Balaban J connectivity index is 2.02. The molecule has 0 fully saturated rings. The quantitative estimate of drug-likeness (QED) is 0.858. The third-order valence-corrected chi connectivity index (χ3v) is 3.47. The van der Waals surface area contributed by atoms with E-state index in [9.17, 15) is 4.79 Å². The van der Waals surface area contributed by atoms with Gasteiger partial charge in [0, 0.05) is 5.92 Å². The second-order valence-electron chi connectivity index (χ2n) is 5.11. The van der Waals surface area contributed by atoms with Crippen molar-refractivity contribution in [3.63, 3.8) is 0 Å². The second-order valence-corrected chi connectivity index (χ2v) is 5.11. The lowest BCUT2D eigenvalue weighted by Gasteiger charge is -2.22. The Morgan fingerprint density at radius 2 is 2.00 bits per heavy atom. The number of hydrogen-bond acceptors (Lipinski definition) is 4. The van der Waals surface area contributed by atoms with Crippen molar-refractivity contribution in [3.8, 4) is 11.5 Å². The van der Waals surface area contributed by atoms with E-state index in [0.717, 1.165) is 17.1 Å². The Labute approximate surface area is 119 Å². The van der Waals surface area contributed by atoms with Gasteiger partial charge in [-0.2, -0.15) is 0 Å². The average molecular weight is 278 g/mol. The SMILES string of the molecule is CC(CCN)C(=O)NC(C)c1ccc2c(c1)OCCO2. The molecule has 1 amide bonds. The third-order valence-electron chi connectivity index (χ3n) is 3.47. The minimum atomic E-state index is -0.0708. The lowest BCUT2D eigenvalue weighted by molar-refractivity contribution is -0.125. The number of amides is 1. The maximum Gasteiger partial charge on any atom is 0.223 e. The summed E-state index contributed by atoms with van der Waals surface area (Å²) in [5.41, 5.74) is 6.48. The van der Waals surface area contributed by atoms with Crippen LogP contribution in [0.4, 0.5) is 0 Å². The van der Waals surface area contributed by atoms with Gasteiger partial charge in [0.2, 0.25) is 5.91 Å². The molecule has 0 aromatic heterocycles. The highest BCUT2D eigenvalue weighted by molar-refractivity contribution is 5.78. The molecule has 0 aliphatic carbocycles. The van der Waals surface area contributed by atoms with Gasteiger partial charge >= 0.3 is 0 Å². The van der Waals surface area contributed by atoms with Crippen molar-refractivity contribution in [2.75, 3.05) is 19.8 Å². The van der Waals surface area contributed by atoms with Crippen LogP contribution in [0.15, 0.2) is 18.2 Å². The lowest BCUT2D eigenvalue weighted by Crippen LogP contribution is -2.32. The molecule has 5 nitrogen and oxygen atoms in total. The van der Waals surface area contributed by atoms with Gasteiger partial charge in [0.05, 0.1) is 6.04 Å². The highest BCUT2D eigenvalue weighted by atomic mass is 16.6. The maximum atomic E-state index is 12.0. The van der Waals surface area contributed by atoms with E-state index in [0.29, 0.717) is 26.2 Å². The van der Waals surface area contributed by atoms with Crippen LogP contribution in [-0.2, 0) is 4.79 Å². The highest BCUT2D eigenvalue weighted by Crippen LogP contribution is 2.32. The summed E-state index contributed by atoms with van der Waals surface area (Å²) in [6.07, 6.45) is 0.694. The molecular weight excluding hydrogens is 256 g/mol. The fraction of sp³-hybridized carbons (Fsp3) is 0.533. The molecule has 0 saturated heterocycles. The first-order valence-electron chi connectivity index (χ1n) is 7.01. The molecule has 5 heteroatoms. The molecular formula is C15H22N2O3. The van der Waals surface area contributed by atoms with Crippen molar-refractivity contribution < 1.29 is 14.3 Å². The van der Waals surface area contributed by atoms with Gasteiger partial charge in [0.15, 0.2) is 11.5 Å². The molecule has 1 aromatic carbocycles. The van der Waals surface area contributed by atoms with Gasteiger partial charge in [-0.25, -0.2) is 0 Å². The summed E-state index contributed by atoms with van der Waals surface area (Å²) in [7, 11) is 0. The first-order chi connectivity index (χ1) is 9.61. The van der Waals surface area contributed by atoms with Gasteiger partial charge in [0.1, 0.15) is 13.2 Å². The van der Waals surface area contributed by atoms with Crippen molar-refractivity contribution in [3.05, 3.63) is 23.8 Å². The van der Waals surface area contributed by atoms with Crippen molar-refractivity contribution >= 4 is 5.91 Å². The number of benzene rings is 1. The number of nitrogens with one attached hydrogen (secondary N) is 1. The summed E-state index contributed by atoms with van der Waals surface area (Å²) in [6.45, 7) is 5.50. The molecule has 1 aliphatic heterocycles. The van der Waals surface area contributed by atoms with Gasteiger partial charge in [-0.15, -0.1) is 0 Å². The fourth-order valence-corrected chi connectivity index (χ4v) is 2.15. The van der Waals surface area contributed by atoms with Crippen LogP contribution in [0.1, 0.15) is 31.9 Å². The molecule has 2 unspecified atom stereocenters. The van der Waals surface area contributed by atoms with E-state index < -0.39 is 0 Å². The molecule has 0 saturated carbocycles. The molecule has 0 radical (unpaired) electrons. The molecule has 0 bridgehead atoms. The maximum absolute atomic E-state index is 12.0. The zero-order chi connectivity index (χ0) is 14.5. The minimum Gasteiger partial charge on any atom is -0.486 e. The molecule has 2 rings (SSSR count). The van der Waals surface area contributed by atoms with Gasteiger partial charge in [-0.3, -0.25) is 4.79 Å². The van der Waals surface area contributed by atoms with Gasteiger partial charge in [-0.05, 0) is 37.6 Å². The summed E-state index contributed by atoms with van der Waals surface area (Å²) in [6, 6.07) is 5.69. The number of carbonyl (C=O) groups excluding carboxylic acids is 1. The Bertz CT molecular complexity index is 476. The van der Waals surface area contributed by atoms with Crippen LogP contribution in [0.5, 0.6) is 11.5 Å². The van der Waals surface area contributed by atoms with E-state index in [1.54, 1.807) is 0 Å². The molecule has 0 spiro atoms. The van der Waals surface area contributed by atoms with Crippen molar-refractivity contribution in [1.29, 1.82) is 0 Å². The monoisotopic (exact) mass is 278 g/mol. The first-order valence-corrected chi connectivity index (χ1v) is 7.01. The van der Waals surface area contributed by atoms with Gasteiger partial charge in [-0.1, -0.05) is 13.0 Å². The van der Waals surface area contributed by atoms with Gasteiger partial charge in [0.25, 0.3) is 0 Å². The lowest BCUT2D eigenvalue weighted by atomic mass is 10.0. The number of fused-ring (bicyclic) bond motifs is 1. The minimum absolute atomic E-state index is 0.0258. The summed E-state index contributed by atoms with van der Waals surface area (Å²) in [4.78, 5) is 12.0. The van der Waals surface area contributed by atoms with E-state index in [1.165, 1.54) is 0 Å². The van der Waals surface area contributed by atoms with E-state index >= 15 is 0 Å². The highest BCUT2D eigenvalue weighted by Gasteiger charge is 2.18. The Kier molecular flexibility index (Phi) is 4.84. The van der Waals surface area contributed by atoms with Crippen LogP contribution in [-0.4, -0.2) is 25.7 Å². The molecule has 1 heterocycles. The number of hydrogen-bond donors (Lipinski definition) is 2. The smallest absolute Gasteiger partial charge is 0.223 e. The number of ether oxygens (including phenoxy) is 2. The van der Waals surface area contributed by atoms with Crippen molar-refractivity contribution in [2.24, 2.45) is 11.7 Å². The van der Waals surface area contributed by atoms with Crippen molar-refractivity contribution in [1.82, 2.24) is 5.32 Å². The molecule has 20 heavy (non-hydrogen) atoms. The predicted molar refractivity (Wildman–Crippen MR) is 76.8 cm³/mol. The average Bonchev–Trinajstić information content (AvgIpc) is 2.46. The van der Waals surface area contributed by atoms with E-state index in [2.05, 4.69) is 5.32 Å². The topological polar surface area (TPSA) is 73.6 Å². The van der Waals surface area contributed by atoms with Gasteiger partial charge < -0.3 is 20.5 Å². The Morgan fingerprint density at radius 3 is 2.70 bits per heavy atom. The van der Waals surface area contributed by atoms with Crippen LogP contribution >= 0.6 is 0 Å². The largest absolute Gasteiger partial charge is 0.486 e. The second kappa shape index (κ2) is 6.61. The number of carbonyl (C=O) groups is 1. The Morgan fingerprint density at radius 1 is 1.30 bits per heavy atom. The van der Waals surface area contributed by atoms with Crippen LogP contribution in [0.2, 0.25) is 0 Å². The van der Waals surface area contributed by atoms with E-state index in [-0.39, 0.29) is 17.9 Å². The van der Waals surface area contributed by atoms with Crippen LogP contribution in [0, 0.1) is 5.92 Å². The standard InChI is InChI=1S/C15H22N2O3/c1-10(5-6-16)15(18)17-11(2)12-3-4-13-14(9-12)20-8-7-19-13/h3-4,9-11H,5-8,16H2,1-2H3,(H,17,18). The summed E-state index contributed by atoms with van der Waals surface area (Å²) < 4.78 is 11.0. The summed E-state index contributed by atoms with van der Waals surface area (Å²) in [5.74, 6) is 1.46. The fourth-order valence-electron chi connectivity index (χ4n) is 2.15. The van der Waals surface area contributed by atoms with Crippen LogP contribution < -0.4 is 20.5 Å². The van der Waals surface area contributed by atoms with Crippen LogP contribution in [0.25, 0.3) is 0 Å². The first kappa shape index (κ1) is 14.7. The number of nitrogens with two attached hydrogens (primary N) is 1. The van der Waals surface area contributed by atoms with Crippen molar-refractivity contribution in [2.45, 2.75) is 26.3 Å².